The van der Waals surface area contributed by atoms with Crippen LogP contribution in [0.1, 0.15) is 55.8 Å². The van der Waals surface area contributed by atoms with Crippen LogP contribution >= 0.6 is 15.9 Å². The molecule has 0 spiro atoms. The molecule has 0 unspecified atom stereocenters. The van der Waals surface area contributed by atoms with Crippen LogP contribution in [-0.2, 0) is 0 Å². The molecule has 1 aliphatic carbocycles. The first kappa shape index (κ1) is 16.3. The third-order valence-electron chi connectivity index (χ3n) is 4.22. The Hall–Kier alpha value is -1.10. The molecule has 0 aliphatic heterocycles. The van der Waals surface area contributed by atoms with Crippen molar-refractivity contribution in [3.63, 3.8) is 0 Å². The van der Waals surface area contributed by atoms with Crippen molar-refractivity contribution in [3.05, 3.63) is 28.0 Å². The molecule has 0 heterocycles. The summed E-state index contributed by atoms with van der Waals surface area (Å²) in [5, 5.41) is 12.2. The average Bonchev–Trinajstić information content (AvgIpc) is 2.46. The largest absolute Gasteiger partial charge is 0.478 e. The van der Waals surface area contributed by atoms with Crippen molar-refractivity contribution < 1.29 is 14.3 Å². The van der Waals surface area contributed by atoms with Gasteiger partial charge in [-0.25, -0.2) is 9.18 Å². The van der Waals surface area contributed by atoms with E-state index in [4.69, 9.17) is 5.11 Å². The number of halogens is 2. The number of carbonyl (C=O) groups is 1. The van der Waals surface area contributed by atoms with Gasteiger partial charge in [-0.1, -0.05) is 19.8 Å². The number of carboxylic acid groups (broad SMARTS) is 1. The first-order valence-corrected chi connectivity index (χ1v) is 8.30. The molecule has 0 amide bonds. The Kier molecular flexibility index (Phi) is 5.62. The fraction of sp³-hybridized carbons (Fsp3) is 0.562. The average molecular weight is 358 g/mol. The highest BCUT2D eigenvalue weighted by atomic mass is 79.9. The van der Waals surface area contributed by atoms with E-state index < -0.39 is 11.8 Å². The maximum Gasteiger partial charge on any atom is 0.336 e. The number of hydrogen-bond acceptors (Lipinski definition) is 2. The Balaban J connectivity index is 2.01. The molecule has 0 bridgehead atoms. The van der Waals surface area contributed by atoms with E-state index in [-0.39, 0.29) is 16.1 Å². The van der Waals surface area contributed by atoms with Crippen molar-refractivity contribution in [2.75, 3.05) is 5.32 Å². The molecule has 1 aliphatic rings. The van der Waals surface area contributed by atoms with Gasteiger partial charge in [0, 0.05) is 6.04 Å². The zero-order chi connectivity index (χ0) is 15.4. The summed E-state index contributed by atoms with van der Waals surface area (Å²) in [6, 6.07) is 3.22. The number of anilines is 1. The van der Waals surface area contributed by atoms with Crippen LogP contribution in [0.3, 0.4) is 0 Å². The van der Waals surface area contributed by atoms with E-state index in [0.717, 1.165) is 18.8 Å². The van der Waals surface area contributed by atoms with Crippen LogP contribution in [0.2, 0.25) is 0 Å². The van der Waals surface area contributed by atoms with Gasteiger partial charge >= 0.3 is 5.97 Å². The minimum absolute atomic E-state index is 0.0136. The number of rotatable bonds is 5. The fourth-order valence-electron chi connectivity index (χ4n) is 3.05. The number of hydrogen-bond donors (Lipinski definition) is 2. The monoisotopic (exact) mass is 357 g/mol. The van der Waals surface area contributed by atoms with Crippen LogP contribution < -0.4 is 5.32 Å². The van der Waals surface area contributed by atoms with Gasteiger partial charge < -0.3 is 10.4 Å². The molecule has 1 aromatic carbocycles. The Morgan fingerprint density at radius 3 is 2.62 bits per heavy atom. The summed E-state index contributed by atoms with van der Waals surface area (Å²) in [5.74, 6) is -0.850. The summed E-state index contributed by atoms with van der Waals surface area (Å²) < 4.78 is 14.2. The van der Waals surface area contributed by atoms with E-state index in [2.05, 4.69) is 28.2 Å². The fourth-order valence-corrected chi connectivity index (χ4v) is 3.57. The summed E-state index contributed by atoms with van der Waals surface area (Å²) >= 11 is 3.03. The maximum absolute atomic E-state index is 14.2. The number of nitrogens with one attached hydrogen (secondary N) is 1. The molecule has 0 saturated heterocycles. The third kappa shape index (κ3) is 3.96. The van der Waals surface area contributed by atoms with Crippen molar-refractivity contribution in [2.45, 2.75) is 51.5 Å². The SMILES string of the molecule is CCCC1CCC(Nc2ccc(C(=O)O)c(Br)c2F)CC1. The highest BCUT2D eigenvalue weighted by Crippen LogP contribution is 2.32. The standard InChI is InChI=1S/C16H21BrFNO2/c1-2-3-10-4-6-11(7-5-10)19-13-9-8-12(16(20)21)14(17)15(13)18/h8-11,19H,2-7H2,1H3,(H,20,21). The topological polar surface area (TPSA) is 49.3 Å². The molecular weight excluding hydrogens is 337 g/mol. The quantitative estimate of drug-likeness (QED) is 0.774. The van der Waals surface area contributed by atoms with Crippen LogP contribution in [0.15, 0.2) is 16.6 Å². The molecule has 5 heteroatoms. The maximum atomic E-state index is 14.2. The van der Waals surface area contributed by atoms with Crippen LogP contribution in [-0.4, -0.2) is 17.1 Å². The normalized spacial score (nSPS) is 22.0. The molecular formula is C16H21BrFNO2. The van der Waals surface area contributed by atoms with Gasteiger partial charge in [0.1, 0.15) is 0 Å². The Morgan fingerprint density at radius 1 is 1.38 bits per heavy atom. The van der Waals surface area contributed by atoms with E-state index in [0.29, 0.717) is 5.69 Å². The summed E-state index contributed by atoms with van der Waals surface area (Å²) in [5.41, 5.74) is 0.329. The molecule has 2 rings (SSSR count). The Bertz CT molecular complexity index is 513. The summed E-state index contributed by atoms with van der Waals surface area (Å²) in [4.78, 5) is 11.0. The van der Waals surface area contributed by atoms with Crippen LogP contribution in [0, 0.1) is 11.7 Å². The second-order valence-corrected chi connectivity index (χ2v) is 6.54. The molecule has 2 N–H and O–H groups in total. The van der Waals surface area contributed by atoms with Crippen molar-refractivity contribution in [2.24, 2.45) is 5.92 Å². The first-order chi connectivity index (χ1) is 10.0. The molecule has 0 radical (unpaired) electrons. The van der Waals surface area contributed by atoms with Crippen molar-refractivity contribution in [1.29, 1.82) is 0 Å². The van der Waals surface area contributed by atoms with E-state index >= 15 is 0 Å². The molecule has 1 fully saturated rings. The lowest BCUT2D eigenvalue weighted by Crippen LogP contribution is -2.26. The molecule has 0 atom stereocenters. The predicted molar refractivity (Wildman–Crippen MR) is 85.3 cm³/mol. The van der Waals surface area contributed by atoms with Crippen LogP contribution in [0.25, 0.3) is 0 Å². The summed E-state index contributed by atoms with van der Waals surface area (Å²) in [6.07, 6.45) is 6.95. The zero-order valence-electron chi connectivity index (χ0n) is 12.2. The van der Waals surface area contributed by atoms with Gasteiger partial charge in [-0.2, -0.15) is 0 Å². The lowest BCUT2D eigenvalue weighted by molar-refractivity contribution is 0.0695. The smallest absolute Gasteiger partial charge is 0.336 e. The lowest BCUT2D eigenvalue weighted by atomic mass is 9.83. The van der Waals surface area contributed by atoms with Crippen molar-refractivity contribution in [1.82, 2.24) is 0 Å². The first-order valence-electron chi connectivity index (χ1n) is 7.50. The van der Waals surface area contributed by atoms with E-state index in [1.165, 1.54) is 37.8 Å². The zero-order valence-corrected chi connectivity index (χ0v) is 13.7. The predicted octanol–water partition coefficient (Wildman–Crippen LogP) is 5.06. The van der Waals surface area contributed by atoms with E-state index in [1.54, 1.807) is 0 Å². The van der Waals surface area contributed by atoms with Gasteiger partial charge in [-0.15, -0.1) is 0 Å². The highest BCUT2D eigenvalue weighted by Gasteiger charge is 2.22. The van der Waals surface area contributed by atoms with Gasteiger partial charge in [0.15, 0.2) is 5.82 Å². The molecule has 3 nitrogen and oxygen atoms in total. The van der Waals surface area contributed by atoms with Gasteiger partial charge in [0.2, 0.25) is 0 Å². The van der Waals surface area contributed by atoms with Crippen molar-refractivity contribution >= 4 is 27.6 Å². The Morgan fingerprint density at radius 2 is 2.05 bits per heavy atom. The molecule has 1 saturated carbocycles. The summed E-state index contributed by atoms with van der Waals surface area (Å²) in [6.45, 7) is 2.21. The minimum Gasteiger partial charge on any atom is -0.478 e. The van der Waals surface area contributed by atoms with Gasteiger partial charge in [-0.3, -0.25) is 0 Å². The Labute approximate surface area is 133 Å². The van der Waals surface area contributed by atoms with Gasteiger partial charge in [-0.05, 0) is 59.7 Å². The number of carboxylic acids is 1. The summed E-state index contributed by atoms with van der Waals surface area (Å²) in [7, 11) is 0. The van der Waals surface area contributed by atoms with E-state index in [1.807, 2.05) is 0 Å². The van der Waals surface area contributed by atoms with Gasteiger partial charge in [0.05, 0.1) is 15.7 Å². The molecule has 0 aromatic heterocycles. The third-order valence-corrected chi connectivity index (χ3v) is 4.99. The molecule has 1 aromatic rings. The second-order valence-electron chi connectivity index (χ2n) is 5.74. The number of benzene rings is 1. The molecule has 116 valence electrons. The van der Waals surface area contributed by atoms with Gasteiger partial charge in [0.25, 0.3) is 0 Å². The second kappa shape index (κ2) is 7.25. The van der Waals surface area contributed by atoms with Crippen LogP contribution in [0.5, 0.6) is 0 Å². The highest BCUT2D eigenvalue weighted by molar-refractivity contribution is 9.10. The minimum atomic E-state index is -1.13. The lowest BCUT2D eigenvalue weighted by Gasteiger charge is -2.29. The van der Waals surface area contributed by atoms with E-state index in [9.17, 15) is 9.18 Å². The van der Waals surface area contributed by atoms with Crippen molar-refractivity contribution in [3.8, 4) is 0 Å². The molecule has 21 heavy (non-hydrogen) atoms. The number of aromatic carboxylic acids is 1. The van der Waals surface area contributed by atoms with Crippen LogP contribution in [0.4, 0.5) is 10.1 Å².